The fraction of sp³-hybridized carbons (Fsp3) is 0.571. The maximum Gasteiger partial charge on any atom is 0.0886 e. The van der Waals surface area contributed by atoms with Crippen LogP contribution in [0.25, 0.3) is 0 Å². The number of thiophene rings is 1. The van der Waals surface area contributed by atoms with Gasteiger partial charge in [-0.3, -0.25) is 0 Å². The summed E-state index contributed by atoms with van der Waals surface area (Å²) in [5, 5.41) is 7.09. The Bertz CT molecular complexity index is 364. The summed E-state index contributed by atoms with van der Waals surface area (Å²) in [7, 11) is 0. The Kier molecular flexibility index (Phi) is 3.38. The molecule has 1 heterocycles. The average molecular weight is 235 g/mol. The maximum absolute atomic E-state index is 3.67. The molecule has 1 aromatic rings. The normalized spacial score (nSPS) is 25.6. The van der Waals surface area contributed by atoms with Crippen LogP contribution in [0.2, 0.25) is 0 Å². The van der Waals surface area contributed by atoms with E-state index in [1.165, 1.54) is 17.8 Å². The summed E-state index contributed by atoms with van der Waals surface area (Å²) < 4.78 is 0. The summed E-state index contributed by atoms with van der Waals surface area (Å²) in [6.07, 6.45) is 6.08. The van der Waals surface area contributed by atoms with E-state index in [0.29, 0.717) is 5.92 Å². The first-order valence-corrected chi connectivity index (χ1v) is 6.98. The van der Waals surface area contributed by atoms with Crippen LogP contribution in [0.5, 0.6) is 0 Å². The molecule has 2 rings (SSSR count). The third-order valence-corrected chi connectivity index (χ3v) is 4.25. The molecule has 0 amide bonds. The number of nitrogens with one attached hydrogen (secondary N) is 1. The van der Waals surface area contributed by atoms with Crippen LogP contribution in [-0.2, 0) is 0 Å². The first kappa shape index (κ1) is 11.7. The second kappa shape index (κ2) is 4.62. The summed E-state index contributed by atoms with van der Waals surface area (Å²) in [5.74, 6) is 0.714. The molecule has 0 saturated heterocycles. The Morgan fingerprint density at radius 3 is 2.75 bits per heavy atom. The van der Waals surface area contributed by atoms with E-state index in [2.05, 4.69) is 49.7 Å². The number of allylic oxidation sites excluding steroid dienone is 1. The predicted molar refractivity (Wildman–Crippen MR) is 73.1 cm³/mol. The molecule has 1 unspecified atom stereocenters. The minimum absolute atomic E-state index is 0.253. The molecular weight excluding hydrogens is 214 g/mol. The summed E-state index contributed by atoms with van der Waals surface area (Å²) in [5.41, 5.74) is 1.88. The standard InChI is InChI=1S/C14H21NS/c1-11(2)12-6-8-14(3,9-7-12)15-13-5-4-10-16-13/h4-6,10-11,15H,7-9H2,1-3H3. The van der Waals surface area contributed by atoms with E-state index in [1.807, 2.05) is 0 Å². The van der Waals surface area contributed by atoms with Crippen molar-refractivity contribution in [3.05, 3.63) is 29.2 Å². The van der Waals surface area contributed by atoms with Crippen molar-refractivity contribution >= 4 is 16.3 Å². The third-order valence-electron chi connectivity index (χ3n) is 3.47. The zero-order valence-corrected chi connectivity index (χ0v) is 11.2. The van der Waals surface area contributed by atoms with Gasteiger partial charge < -0.3 is 5.32 Å². The van der Waals surface area contributed by atoms with E-state index in [9.17, 15) is 0 Å². The molecule has 1 nitrogen and oxygen atoms in total. The minimum Gasteiger partial charge on any atom is -0.371 e. The molecule has 0 saturated carbocycles. The molecule has 0 aliphatic heterocycles. The lowest BCUT2D eigenvalue weighted by atomic mass is 9.81. The van der Waals surface area contributed by atoms with Crippen LogP contribution in [0.4, 0.5) is 5.00 Å². The van der Waals surface area contributed by atoms with E-state index in [-0.39, 0.29) is 5.54 Å². The van der Waals surface area contributed by atoms with Gasteiger partial charge in [0.2, 0.25) is 0 Å². The summed E-state index contributed by atoms with van der Waals surface area (Å²) in [6.45, 7) is 6.92. The van der Waals surface area contributed by atoms with Crippen molar-refractivity contribution < 1.29 is 0 Å². The maximum atomic E-state index is 3.67. The zero-order valence-electron chi connectivity index (χ0n) is 10.4. The molecule has 88 valence electrons. The van der Waals surface area contributed by atoms with Gasteiger partial charge in [0.1, 0.15) is 0 Å². The van der Waals surface area contributed by atoms with Crippen LogP contribution in [-0.4, -0.2) is 5.54 Å². The number of hydrogen-bond donors (Lipinski definition) is 1. The van der Waals surface area contributed by atoms with Crippen LogP contribution in [0.15, 0.2) is 29.2 Å². The van der Waals surface area contributed by atoms with Crippen LogP contribution in [0.3, 0.4) is 0 Å². The van der Waals surface area contributed by atoms with Crippen molar-refractivity contribution in [2.75, 3.05) is 5.32 Å². The largest absolute Gasteiger partial charge is 0.371 e. The van der Waals surface area contributed by atoms with E-state index >= 15 is 0 Å². The van der Waals surface area contributed by atoms with Crippen LogP contribution in [0.1, 0.15) is 40.0 Å². The summed E-state index contributed by atoms with van der Waals surface area (Å²) in [4.78, 5) is 0. The fourth-order valence-corrected chi connectivity index (χ4v) is 3.03. The average Bonchev–Trinajstić information content (AvgIpc) is 2.70. The lowest BCUT2D eigenvalue weighted by Gasteiger charge is -2.35. The molecule has 0 radical (unpaired) electrons. The second-order valence-corrected chi connectivity index (χ2v) is 6.25. The van der Waals surface area contributed by atoms with Crippen molar-refractivity contribution in [3.8, 4) is 0 Å². The smallest absolute Gasteiger partial charge is 0.0886 e. The Morgan fingerprint density at radius 1 is 1.44 bits per heavy atom. The highest BCUT2D eigenvalue weighted by Gasteiger charge is 2.27. The van der Waals surface area contributed by atoms with Crippen molar-refractivity contribution in [1.29, 1.82) is 0 Å². The molecule has 0 aromatic carbocycles. The number of hydrogen-bond acceptors (Lipinski definition) is 2. The SMILES string of the molecule is CC(C)C1=CCC(C)(Nc2cccs2)CC1. The van der Waals surface area contributed by atoms with Gasteiger partial charge in [0.15, 0.2) is 0 Å². The van der Waals surface area contributed by atoms with Gasteiger partial charge in [0.05, 0.1) is 5.00 Å². The third kappa shape index (κ3) is 2.67. The van der Waals surface area contributed by atoms with Crippen LogP contribution >= 0.6 is 11.3 Å². The fourth-order valence-electron chi connectivity index (χ4n) is 2.27. The molecule has 1 N–H and O–H groups in total. The van der Waals surface area contributed by atoms with Crippen molar-refractivity contribution in [2.45, 2.75) is 45.6 Å². The van der Waals surface area contributed by atoms with Crippen molar-refractivity contribution in [2.24, 2.45) is 5.92 Å². The van der Waals surface area contributed by atoms with E-state index < -0.39 is 0 Å². The second-order valence-electron chi connectivity index (χ2n) is 5.30. The van der Waals surface area contributed by atoms with Gasteiger partial charge in [0, 0.05) is 5.54 Å². The first-order chi connectivity index (χ1) is 7.59. The molecule has 0 fully saturated rings. The Morgan fingerprint density at radius 2 is 2.25 bits per heavy atom. The highest BCUT2D eigenvalue weighted by atomic mass is 32.1. The Labute approximate surface area is 103 Å². The molecule has 1 aliphatic rings. The quantitative estimate of drug-likeness (QED) is 0.750. The van der Waals surface area contributed by atoms with Gasteiger partial charge in [0.25, 0.3) is 0 Å². The van der Waals surface area contributed by atoms with E-state index in [4.69, 9.17) is 0 Å². The molecular formula is C14H21NS. The Hall–Kier alpha value is -0.760. The summed E-state index contributed by atoms with van der Waals surface area (Å²) >= 11 is 1.79. The predicted octanol–water partition coefficient (Wildman–Crippen LogP) is 4.69. The van der Waals surface area contributed by atoms with Crippen molar-refractivity contribution in [1.82, 2.24) is 0 Å². The highest BCUT2D eigenvalue weighted by molar-refractivity contribution is 7.14. The lowest BCUT2D eigenvalue weighted by molar-refractivity contribution is 0.442. The lowest BCUT2D eigenvalue weighted by Crippen LogP contribution is -2.36. The first-order valence-electron chi connectivity index (χ1n) is 6.10. The minimum atomic E-state index is 0.253. The van der Waals surface area contributed by atoms with Gasteiger partial charge in [-0.05, 0) is 49.6 Å². The molecule has 0 bridgehead atoms. The number of anilines is 1. The molecule has 16 heavy (non-hydrogen) atoms. The molecule has 1 aromatic heterocycles. The van der Waals surface area contributed by atoms with E-state index in [1.54, 1.807) is 16.9 Å². The monoisotopic (exact) mass is 235 g/mol. The summed E-state index contributed by atoms with van der Waals surface area (Å²) in [6, 6.07) is 4.27. The molecule has 0 spiro atoms. The topological polar surface area (TPSA) is 12.0 Å². The van der Waals surface area contributed by atoms with Gasteiger partial charge in [-0.2, -0.15) is 0 Å². The zero-order chi connectivity index (χ0) is 11.6. The van der Waals surface area contributed by atoms with Gasteiger partial charge in [-0.1, -0.05) is 25.5 Å². The Balaban J connectivity index is 2.01. The van der Waals surface area contributed by atoms with Crippen molar-refractivity contribution in [3.63, 3.8) is 0 Å². The molecule has 1 atom stereocenters. The van der Waals surface area contributed by atoms with Crippen LogP contribution in [0, 0.1) is 5.92 Å². The van der Waals surface area contributed by atoms with E-state index in [0.717, 1.165) is 6.42 Å². The van der Waals surface area contributed by atoms with Gasteiger partial charge in [-0.15, -0.1) is 11.3 Å². The molecule has 2 heteroatoms. The van der Waals surface area contributed by atoms with Gasteiger partial charge in [-0.25, -0.2) is 0 Å². The highest BCUT2D eigenvalue weighted by Crippen LogP contribution is 2.34. The van der Waals surface area contributed by atoms with Gasteiger partial charge >= 0.3 is 0 Å². The number of rotatable bonds is 3. The van der Waals surface area contributed by atoms with Crippen LogP contribution < -0.4 is 5.32 Å². The molecule has 1 aliphatic carbocycles.